The van der Waals surface area contributed by atoms with Crippen molar-refractivity contribution in [2.45, 2.75) is 40.7 Å². The Morgan fingerprint density at radius 1 is 1.06 bits per heavy atom. The zero-order valence-electron chi connectivity index (χ0n) is 18.6. The van der Waals surface area contributed by atoms with Crippen molar-refractivity contribution in [1.29, 1.82) is 0 Å². The molecule has 0 aliphatic carbocycles. The monoisotopic (exact) mass is 431 g/mol. The largest absolute Gasteiger partial charge is 0.338 e. The fraction of sp³-hybridized carbons (Fsp3) is 0.308. The van der Waals surface area contributed by atoms with Crippen molar-refractivity contribution in [1.82, 2.24) is 14.3 Å². The number of fused-ring (bicyclic) bond motifs is 1. The summed E-state index contributed by atoms with van der Waals surface area (Å²) in [5.41, 5.74) is 5.28. The van der Waals surface area contributed by atoms with Crippen LogP contribution in [-0.2, 0) is 17.8 Å². The van der Waals surface area contributed by atoms with Crippen molar-refractivity contribution < 1.29 is 4.79 Å². The number of aromatic nitrogens is 2. The minimum absolute atomic E-state index is 0.175. The van der Waals surface area contributed by atoms with Crippen LogP contribution in [0.3, 0.4) is 0 Å². The zero-order valence-corrected chi connectivity index (χ0v) is 19.4. The van der Waals surface area contributed by atoms with E-state index >= 15 is 0 Å². The molecule has 0 N–H and O–H groups in total. The minimum atomic E-state index is -0.410. The van der Waals surface area contributed by atoms with Gasteiger partial charge in [-0.2, -0.15) is 0 Å². The number of thiazole rings is 1. The van der Waals surface area contributed by atoms with Gasteiger partial charge in [0, 0.05) is 47.8 Å². The third kappa shape index (κ3) is 4.88. The highest BCUT2D eigenvalue weighted by Gasteiger charge is 2.27. The molecular weight excluding hydrogens is 402 g/mol. The molecule has 160 valence electrons. The third-order valence-electron chi connectivity index (χ3n) is 5.41. The van der Waals surface area contributed by atoms with Gasteiger partial charge in [0.25, 0.3) is 0 Å². The van der Waals surface area contributed by atoms with Crippen LogP contribution in [0.5, 0.6) is 0 Å². The van der Waals surface area contributed by atoms with Crippen molar-refractivity contribution in [2.75, 3.05) is 6.54 Å². The smallest absolute Gasteiger partial charge is 0.228 e. The second kappa shape index (κ2) is 8.67. The summed E-state index contributed by atoms with van der Waals surface area (Å²) in [5.74, 6) is 0.175. The summed E-state index contributed by atoms with van der Waals surface area (Å²) in [4.78, 5) is 20.9. The predicted octanol–water partition coefficient (Wildman–Crippen LogP) is 5.99. The van der Waals surface area contributed by atoms with Crippen LogP contribution >= 0.6 is 11.3 Å². The van der Waals surface area contributed by atoms with Crippen molar-refractivity contribution in [3.63, 3.8) is 0 Å². The van der Waals surface area contributed by atoms with Crippen LogP contribution in [-0.4, -0.2) is 26.7 Å². The molecule has 2 aromatic heterocycles. The molecule has 5 heteroatoms. The van der Waals surface area contributed by atoms with Crippen LogP contribution < -0.4 is 0 Å². The van der Waals surface area contributed by atoms with Crippen LogP contribution in [0.15, 0.2) is 66.2 Å². The molecule has 0 aliphatic heterocycles. The molecule has 0 unspecified atom stereocenters. The highest BCUT2D eigenvalue weighted by Crippen LogP contribution is 2.25. The van der Waals surface area contributed by atoms with Gasteiger partial charge in [-0.3, -0.25) is 9.20 Å². The molecule has 0 radical (unpaired) electrons. The summed E-state index contributed by atoms with van der Waals surface area (Å²) in [6.07, 6.45) is 2.90. The molecule has 0 bridgehead atoms. The third-order valence-corrected chi connectivity index (χ3v) is 6.30. The van der Waals surface area contributed by atoms with Gasteiger partial charge in [-0.1, -0.05) is 80.9 Å². The molecule has 4 aromatic rings. The highest BCUT2D eigenvalue weighted by atomic mass is 32.1. The SMILES string of the molecule is Cc1ccc(-c2cn3c(CCN(Cc4ccccc4)C(=O)C(C)(C)C)csc3n2)cc1. The standard InChI is InChI=1S/C26H29N3OS/c1-19-10-12-21(13-11-19)23-17-29-22(18-31-25(29)27-23)14-15-28(24(30)26(2,3)4)16-20-8-6-5-7-9-20/h5-13,17-18H,14-16H2,1-4H3. The first-order chi connectivity index (χ1) is 14.8. The van der Waals surface area contributed by atoms with E-state index in [4.69, 9.17) is 4.98 Å². The first-order valence-electron chi connectivity index (χ1n) is 10.7. The molecule has 1 amide bonds. The summed E-state index contributed by atoms with van der Waals surface area (Å²) < 4.78 is 2.17. The molecule has 0 atom stereocenters. The van der Waals surface area contributed by atoms with Crippen molar-refractivity contribution in [2.24, 2.45) is 5.41 Å². The summed E-state index contributed by atoms with van der Waals surface area (Å²) in [6, 6.07) is 18.7. The van der Waals surface area contributed by atoms with Gasteiger partial charge in [0.2, 0.25) is 5.91 Å². The summed E-state index contributed by atoms with van der Waals surface area (Å²) in [6.45, 7) is 9.35. The fourth-order valence-electron chi connectivity index (χ4n) is 3.65. The minimum Gasteiger partial charge on any atom is -0.338 e. The quantitative estimate of drug-likeness (QED) is 0.376. The lowest BCUT2D eigenvalue weighted by Crippen LogP contribution is -2.40. The predicted molar refractivity (Wildman–Crippen MR) is 128 cm³/mol. The van der Waals surface area contributed by atoms with E-state index in [0.29, 0.717) is 13.1 Å². The van der Waals surface area contributed by atoms with Gasteiger partial charge in [-0.05, 0) is 12.5 Å². The van der Waals surface area contributed by atoms with E-state index in [1.54, 1.807) is 11.3 Å². The molecule has 2 aromatic carbocycles. The maximum Gasteiger partial charge on any atom is 0.228 e. The number of amides is 1. The number of aryl methyl sites for hydroxylation is 1. The Hall–Kier alpha value is -2.92. The first-order valence-corrected chi connectivity index (χ1v) is 11.5. The van der Waals surface area contributed by atoms with E-state index < -0.39 is 5.41 Å². The van der Waals surface area contributed by atoms with Crippen LogP contribution in [0.2, 0.25) is 0 Å². The van der Waals surface area contributed by atoms with Crippen molar-refractivity contribution >= 4 is 22.2 Å². The number of nitrogens with zero attached hydrogens (tertiary/aromatic N) is 3. The summed E-state index contributed by atoms with van der Waals surface area (Å²) in [7, 11) is 0. The topological polar surface area (TPSA) is 37.6 Å². The number of carbonyl (C=O) groups is 1. The number of rotatable bonds is 6. The number of imidazole rings is 1. The van der Waals surface area contributed by atoms with E-state index in [2.05, 4.69) is 59.3 Å². The summed E-state index contributed by atoms with van der Waals surface area (Å²) >= 11 is 1.65. The lowest BCUT2D eigenvalue weighted by atomic mass is 9.94. The second-order valence-electron chi connectivity index (χ2n) is 9.08. The van der Waals surface area contributed by atoms with Crippen LogP contribution in [0.1, 0.15) is 37.6 Å². The Bertz CT molecular complexity index is 1170. The van der Waals surface area contributed by atoms with E-state index in [-0.39, 0.29) is 5.91 Å². The first kappa shape index (κ1) is 21.3. The average molecular weight is 432 g/mol. The van der Waals surface area contributed by atoms with Crippen molar-refractivity contribution in [3.8, 4) is 11.3 Å². The Morgan fingerprint density at radius 2 is 1.77 bits per heavy atom. The normalized spacial score (nSPS) is 11.7. The summed E-state index contributed by atoms with van der Waals surface area (Å²) in [5, 5.41) is 2.16. The molecule has 31 heavy (non-hydrogen) atoms. The molecule has 4 rings (SSSR count). The lowest BCUT2D eigenvalue weighted by molar-refractivity contribution is -0.140. The van der Waals surface area contributed by atoms with E-state index in [0.717, 1.165) is 28.2 Å². The fourth-order valence-corrected chi connectivity index (χ4v) is 4.56. The van der Waals surface area contributed by atoms with Gasteiger partial charge < -0.3 is 4.90 Å². The van der Waals surface area contributed by atoms with Gasteiger partial charge in [0.05, 0.1) is 5.69 Å². The molecule has 0 aliphatic rings. The molecule has 0 spiro atoms. The Kier molecular flexibility index (Phi) is 5.96. The van der Waals surface area contributed by atoms with E-state index in [1.807, 2.05) is 43.9 Å². The van der Waals surface area contributed by atoms with Gasteiger partial charge in [0.1, 0.15) is 0 Å². The molecule has 0 saturated heterocycles. The van der Waals surface area contributed by atoms with Crippen LogP contribution in [0, 0.1) is 12.3 Å². The van der Waals surface area contributed by atoms with Gasteiger partial charge in [0.15, 0.2) is 4.96 Å². The zero-order chi connectivity index (χ0) is 22.0. The van der Waals surface area contributed by atoms with Crippen molar-refractivity contribution in [3.05, 3.63) is 83.0 Å². The maximum atomic E-state index is 13.1. The van der Waals surface area contributed by atoms with Gasteiger partial charge >= 0.3 is 0 Å². The van der Waals surface area contributed by atoms with Crippen LogP contribution in [0.25, 0.3) is 16.2 Å². The molecule has 2 heterocycles. The van der Waals surface area contributed by atoms with Gasteiger partial charge in [-0.15, -0.1) is 11.3 Å². The number of benzene rings is 2. The molecule has 0 saturated carbocycles. The highest BCUT2D eigenvalue weighted by molar-refractivity contribution is 7.15. The lowest BCUT2D eigenvalue weighted by Gasteiger charge is -2.29. The maximum absolute atomic E-state index is 13.1. The molecule has 0 fully saturated rings. The van der Waals surface area contributed by atoms with Crippen LogP contribution in [0.4, 0.5) is 0 Å². The number of carbonyl (C=O) groups excluding carboxylic acids is 1. The van der Waals surface area contributed by atoms with E-state index in [9.17, 15) is 4.79 Å². The Labute approximate surface area is 188 Å². The second-order valence-corrected chi connectivity index (χ2v) is 9.92. The number of hydrogen-bond acceptors (Lipinski definition) is 3. The number of hydrogen-bond donors (Lipinski definition) is 0. The Morgan fingerprint density at radius 3 is 2.45 bits per heavy atom. The average Bonchev–Trinajstić information content (AvgIpc) is 3.32. The molecule has 4 nitrogen and oxygen atoms in total. The molecular formula is C26H29N3OS. The van der Waals surface area contributed by atoms with E-state index in [1.165, 1.54) is 11.3 Å². The van der Waals surface area contributed by atoms with Gasteiger partial charge in [-0.25, -0.2) is 4.98 Å². The Balaban J connectivity index is 1.55.